The number of nitrogens with zero attached hydrogens (tertiary/aromatic N) is 3. The van der Waals surface area contributed by atoms with Crippen LogP contribution in [0.5, 0.6) is 0 Å². The third kappa shape index (κ3) is 3.19. The van der Waals surface area contributed by atoms with Gasteiger partial charge < -0.3 is 19.5 Å². The smallest absolute Gasteiger partial charge is 0.254 e. The van der Waals surface area contributed by atoms with Crippen LogP contribution >= 0.6 is 0 Å². The number of benzene rings is 2. The fraction of sp³-hybridized carbons (Fsp3) is 0.304. The van der Waals surface area contributed by atoms with Crippen molar-refractivity contribution in [2.75, 3.05) is 26.2 Å². The highest BCUT2D eigenvalue weighted by atomic mass is 16.3. The van der Waals surface area contributed by atoms with Crippen molar-refractivity contribution < 1.29 is 14.7 Å². The number of piperazine rings is 1. The molecule has 5 rings (SSSR count). The Bertz CT molecular complexity index is 1070. The number of aromatic nitrogens is 1. The molecule has 1 saturated heterocycles. The Morgan fingerprint density at radius 3 is 2.17 bits per heavy atom. The van der Waals surface area contributed by atoms with Crippen LogP contribution in [0.3, 0.4) is 0 Å². The number of fused-ring (bicyclic) bond motifs is 1. The highest BCUT2D eigenvalue weighted by Crippen LogP contribution is 2.37. The molecular weight excluding hydrogens is 366 g/mol. The molecule has 1 aliphatic heterocycles. The maximum atomic E-state index is 12.9. The summed E-state index contributed by atoms with van der Waals surface area (Å²) < 4.78 is 2.11. The van der Waals surface area contributed by atoms with Crippen molar-refractivity contribution in [3.8, 4) is 5.69 Å². The monoisotopic (exact) mass is 389 g/mol. The standard InChI is InChI=1S/C23H23N3O3/c27-21(24-13-15-25(16-14-24)22(28)23(29)10-11-23)18-5-7-19(8-6-18)26-12-9-17-3-1-2-4-20(17)26/h1-9,12,29H,10-11,13-16H2. The van der Waals surface area contributed by atoms with Gasteiger partial charge in [0.05, 0.1) is 5.52 Å². The molecular formula is C23H23N3O3. The topological polar surface area (TPSA) is 65.8 Å². The Morgan fingerprint density at radius 2 is 1.48 bits per heavy atom. The van der Waals surface area contributed by atoms with Crippen LogP contribution in [0.25, 0.3) is 16.6 Å². The molecule has 29 heavy (non-hydrogen) atoms. The fourth-order valence-corrected chi connectivity index (χ4v) is 3.99. The van der Waals surface area contributed by atoms with Gasteiger partial charge in [-0.25, -0.2) is 0 Å². The molecule has 1 N–H and O–H groups in total. The van der Waals surface area contributed by atoms with Gasteiger partial charge in [0.2, 0.25) is 0 Å². The summed E-state index contributed by atoms with van der Waals surface area (Å²) in [6.45, 7) is 1.93. The van der Waals surface area contributed by atoms with E-state index in [0.717, 1.165) is 11.2 Å². The van der Waals surface area contributed by atoms with E-state index in [0.29, 0.717) is 44.6 Å². The number of carbonyl (C=O) groups is 2. The maximum Gasteiger partial charge on any atom is 0.254 e. The van der Waals surface area contributed by atoms with Gasteiger partial charge in [-0.2, -0.15) is 0 Å². The third-order valence-electron chi connectivity index (χ3n) is 5.97. The zero-order chi connectivity index (χ0) is 20.0. The summed E-state index contributed by atoms with van der Waals surface area (Å²) in [5.74, 6) is -0.209. The zero-order valence-corrected chi connectivity index (χ0v) is 16.1. The lowest BCUT2D eigenvalue weighted by Gasteiger charge is -2.35. The van der Waals surface area contributed by atoms with E-state index in [9.17, 15) is 14.7 Å². The summed E-state index contributed by atoms with van der Waals surface area (Å²) in [6, 6.07) is 17.9. The van der Waals surface area contributed by atoms with Crippen LogP contribution in [-0.2, 0) is 4.79 Å². The molecule has 0 radical (unpaired) electrons. The minimum atomic E-state index is -1.13. The lowest BCUT2D eigenvalue weighted by molar-refractivity contribution is -0.143. The Kier molecular flexibility index (Phi) is 4.17. The van der Waals surface area contributed by atoms with E-state index in [1.807, 2.05) is 42.6 Å². The summed E-state index contributed by atoms with van der Waals surface area (Å²) in [6.07, 6.45) is 3.13. The molecule has 1 aliphatic carbocycles. The molecule has 3 aromatic rings. The normalized spacial score (nSPS) is 18.1. The molecule has 0 bridgehead atoms. The van der Waals surface area contributed by atoms with Crippen molar-refractivity contribution >= 4 is 22.7 Å². The molecule has 1 saturated carbocycles. The lowest BCUT2D eigenvalue weighted by atomic mass is 10.1. The van der Waals surface area contributed by atoms with Gasteiger partial charge in [0.25, 0.3) is 11.8 Å². The molecule has 0 atom stereocenters. The molecule has 2 aromatic carbocycles. The zero-order valence-electron chi connectivity index (χ0n) is 16.1. The van der Waals surface area contributed by atoms with Crippen LogP contribution in [0, 0.1) is 0 Å². The number of hydrogen-bond donors (Lipinski definition) is 1. The predicted octanol–water partition coefficient (Wildman–Crippen LogP) is 2.44. The highest BCUT2D eigenvalue weighted by molar-refractivity contribution is 5.95. The molecule has 1 aromatic heterocycles. The van der Waals surface area contributed by atoms with E-state index in [1.54, 1.807) is 9.80 Å². The van der Waals surface area contributed by atoms with Crippen LogP contribution < -0.4 is 0 Å². The summed E-state index contributed by atoms with van der Waals surface area (Å²) in [7, 11) is 0. The van der Waals surface area contributed by atoms with E-state index in [2.05, 4.69) is 22.8 Å². The van der Waals surface area contributed by atoms with Gasteiger partial charge in [0, 0.05) is 43.6 Å². The second-order valence-corrected chi connectivity index (χ2v) is 7.91. The van der Waals surface area contributed by atoms with E-state index in [4.69, 9.17) is 0 Å². The van der Waals surface area contributed by atoms with Gasteiger partial charge in [0.1, 0.15) is 5.60 Å². The van der Waals surface area contributed by atoms with Gasteiger partial charge in [-0.15, -0.1) is 0 Å². The van der Waals surface area contributed by atoms with Crippen LogP contribution in [-0.4, -0.2) is 63.1 Å². The van der Waals surface area contributed by atoms with Crippen LogP contribution in [0.4, 0.5) is 0 Å². The van der Waals surface area contributed by atoms with E-state index in [1.165, 1.54) is 5.39 Å². The largest absolute Gasteiger partial charge is 0.380 e. The summed E-state index contributed by atoms with van der Waals surface area (Å²) >= 11 is 0. The number of hydrogen-bond acceptors (Lipinski definition) is 3. The third-order valence-corrected chi connectivity index (χ3v) is 5.97. The Hall–Kier alpha value is -3.12. The molecule has 2 heterocycles. The second kappa shape index (κ2) is 6.74. The lowest BCUT2D eigenvalue weighted by Crippen LogP contribution is -2.53. The quantitative estimate of drug-likeness (QED) is 0.748. The van der Waals surface area contributed by atoms with Gasteiger partial charge in [-0.3, -0.25) is 9.59 Å². The molecule has 2 aliphatic rings. The number of aliphatic hydroxyl groups is 1. The average Bonchev–Trinajstić information content (AvgIpc) is 3.38. The fourth-order valence-electron chi connectivity index (χ4n) is 3.99. The minimum Gasteiger partial charge on any atom is -0.380 e. The maximum absolute atomic E-state index is 12.9. The van der Waals surface area contributed by atoms with E-state index < -0.39 is 5.60 Å². The summed E-state index contributed by atoms with van der Waals surface area (Å²) in [4.78, 5) is 28.6. The second-order valence-electron chi connectivity index (χ2n) is 7.91. The number of carbonyl (C=O) groups excluding carboxylic acids is 2. The van der Waals surface area contributed by atoms with Crippen molar-refractivity contribution in [2.24, 2.45) is 0 Å². The highest BCUT2D eigenvalue weighted by Gasteiger charge is 2.50. The number of rotatable bonds is 3. The summed E-state index contributed by atoms with van der Waals surface area (Å²) in [5, 5.41) is 11.2. The first-order valence-corrected chi connectivity index (χ1v) is 10.0. The molecule has 0 unspecified atom stereocenters. The van der Waals surface area contributed by atoms with Crippen molar-refractivity contribution in [3.63, 3.8) is 0 Å². The summed E-state index contributed by atoms with van der Waals surface area (Å²) in [5.41, 5.74) is 1.65. The van der Waals surface area contributed by atoms with E-state index >= 15 is 0 Å². The Balaban J connectivity index is 1.27. The van der Waals surface area contributed by atoms with E-state index in [-0.39, 0.29) is 11.8 Å². The van der Waals surface area contributed by atoms with Gasteiger partial charge in [0.15, 0.2) is 0 Å². The van der Waals surface area contributed by atoms with Crippen molar-refractivity contribution in [3.05, 3.63) is 66.4 Å². The van der Waals surface area contributed by atoms with Gasteiger partial charge >= 0.3 is 0 Å². The first-order valence-electron chi connectivity index (χ1n) is 10.0. The number of amides is 2. The molecule has 6 nitrogen and oxygen atoms in total. The first-order chi connectivity index (χ1) is 14.0. The van der Waals surface area contributed by atoms with Gasteiger partial charge in [-0.05, 0) is 54.6 Å². The Morgan fingerprint density at radius 1 is 0.828 bits per heavy atom. The molecule has 0 spiro atoms. The van der Waals surface area contributed by atoms with Crippen LogP contribution in [0.15, 0.2) is 60.8 Å². The average molecular weight is 389 g/mol. The van der Waals surface area contributed by atoms with Crippen LogP contribution in [0.1, 0.15) is 23.2 Å². The molecule has 2 fully saturated rings. The number of para-hydroxylation sites is 1. The van der Waals surface area contributed by atoms with Gasteiger partial charge in [-0.1, -0.05) is 18.2 Å². The van der Waals surface area contributed by atoms with Crippen molar-refractivity contribution in [2.45, 2.75) is 18.4 Å². The molecule has 6 heteroatoms. The van der Waals surface area contributed by atoms with Crippen molar-refractivity contribution in [1.29, 1.82) is 0 Å². The SMILES string of the molecule is O=C(c1ccc(-n2ccc3ccccc32)cc1)N1CCN(C(=O)C2(O)CC2)CC1. The van der Waals surface area contributed by atoms with Crippen molar-refractivity contribution in [1.82, 2.24) is 14.4 Å². The minimum absolute atomic E-state index is 0.0221. The Labute approximate surface area is 168 Å². The molecule has 2 amide bonds. The van der Waals surface area contributed by atoms with Crippen LogP contribution in [0.2, 0.25) is 0 Å². The molecule has 148 valence electrons. The predicted molar refractivity (Wildman–Crippen MR) is 110 cm³/mol. The first kappa shape index (κ1) is 17.9.